The lowest BCUT2D eigenvalue weighted by molar-refractivity contribution is 0.566. The number of nitriles is 1. The lowest BCUT2D eigenvalue weighted by atomic mass is 9.95. The number of nitrogens with one attached hydrogen (secondary N) is 1. The van der Waals surface area contributed by atoms with Crippen molar-refractivity contribution >= 4 is 23.1 Å². The number of hydrogen-bond donors (Lipinski definition) is 2. The molecule has 2 aromatic rings. The van der Waals surface area contributed by atoms with Gasteiger partial charge in [0.25, 0.3) is 0 Å². The quantitative estimate of drug-likeness (QED) is 0.825. The summed E-state index contributed by atoms with van der Waals surface area (Å²) in [5.41, 5.74) is 10.2. The van der Waals surface area contributed by atoms with Crippen molar-refractivity contribution in [3.63, 3.8) is 0 Å². The minimum absolute atomic E-state index is 0.529. The van der Waals surface area contributed by atoms with E-state index in [-0.39, 0.29) is 0 Å². The summed E-state index contributed by atoms with van der Waals surface area (Å²) in [6.45, 7) is 2.14. The zero-order valence-electron chi connectivity index (χ0n) is 15.0. The first-order valence-electron chi connectivity index (χ1n) is 9.45. The Morgan fingerprint density at radius 1 is 1.00 bits per heavy atom. The van der Waals surface area contributed by atoms with Crippen molar-refractivity contribution in [3.05, 3.63) is 35.0 Å². The minimum atomic E-state index is 0.529. The highest BCUT2D eigenvalue weighted by Crippen LogP contribution is 2.31. The molecule has 1 aromatic carbocycles. The molecule has 1 fully saturated rings. The first-order valence-corrected chi connectivity index (χ1v) is 9.45. The molecule has 6 nitrogen and oxygen atoms in total. The van der Waals surface area contributed by atoms with Gasteiger partial charge >= 0.3 is 0 Å². The molecule has 1 saturated heterocycles. The van der Waals surface area contributed by atoms with Crippen molar-refractivity contribution in [3.8, 4) is 6.07 Å². The van der Waals surface area contributed by atoms with E-state index in [9.17, 15) is 0 Å². The zero-order chi connectivity index (χ0) is 17.9. The fraction of sp³-hybridized carbons (Fsp3) is 0.450. The van der Waals surface area contributed by atoms with E-state index in [1.54, 1.807) is 12.1 Å². The van der Waals surface area contributed by atoms with Crippen molar-refractivity contribution in [2.45, 2.75) is 44.9 Å². The van der Waals surface area contributed by atoms with Crippen molar-refractivity contribution in [2.75, 3.05) is 29.0 Å². The van der Waals surface area contributed by atoms with Gasteiger partial charge in [0.1, 0.15) is 5.82 Å². The van der Waals surface area contributed by atoms with Crippen LogP contribution in [0, 0.1) is 11.3 Å². The number of nitrogens with zero attached hydrogens (tertiary/aromatic N) is 4. The van der Waals surface area contributed by atoms with E-state index < -0.39 is 0 Å². The van der Waals surface area contributed by atoms with Gasteiger partial charge in [-0.05, 0) is 63.1 Å². The standard InChI is InChI=1S/C20H24N6/c21-13-14-10-15(22)12-16(11-14)23-20-24-18-7-3-2-6-17(18)19(25-20)26-8-4-1-5-9-26/h10-12H,1-9,22H2,(H,23,24,25). The third kappa shape index (κ3) is 3.43. The number of anilines is 4. The first kappa shape index (κ1) is 16.6. The highest BCUT2D eigenvalue weighted by atomic mass is 15.2. The summed E-state index contributed by atoms with van der Waals surface area (Å²) >= 11 is 0. The molecule has 2 heterocycles. The predicted molar refractivity (Wildman–Crippen MR) is 104 cm³/mol. The lowest BCUT2D eigenvalue weighted by Crippen LogP contribution is -2.32. The first-order chi connectivity index (χ1) is 12.7. The van der Waals surface area contributed by atoms with E-state index in [2.05, 4.69) is 16.3 Å². The normalized spacial score (nSPS) is 16.7. The van der Waals surface area contributed by atoms with E-state index in [0.717, 1.165) is 37.4 Å². The summed E-state index contributed by atoms with van der Waals surface area (Å²) in [5, 5.41) is 12.4. The Morgan fingerprint density at radius 2 is 1.81 bits per heavy atom. The van der Waals surface area contributed by atoms with Crippen LogP contribution in [0.2, 0.25) is 0 Å². The number of hydrogen-bond acceptors (Lipinski definition) is 6. The molecule has 26 heavy (non-hydrogen) atoms. The summed E-state index contributed by atoms with van der Waals surface area (Å²) in [6.07, 6.45) is 8.22. The molecule has 0 spiro atoms. The third-order valence-electron chi connectivity index (χ3n) is 5.16. The molecule has 1 aliphatic heterocycles. The fourth-order valence-corrected chi connectivity index (χ4v) is 3.91. The third-order valence-corrected chi connectivity index (χ3v) is 5.16. The van der Waals surface area contributed by atoms with Crippen LogP contribution in [0.25, 0.3) is 0 Å². The molecule has 1 aromatic heterocycles. The smallest absolute Gasteiger partial charge is 0.229 e. The van der Waals surface area contributed by atoms with Gasteiger partial charge in [-0.15, -0.1) is 0 Å². The van der Waals surface area contributed by atoms with Crippen molar-refractivity contribution in [2.24, 2.45) is 0 Å². The van der Waals surface area contributed by atoms with Crippen LogP contribution in [0.5, 0.6) is 0 Å². The van der Waals surface area contributed by atoms with Crippen molar-refractivity contribution < 1.29 is 0 Å². The summed E-state index contributed by atoms with van der Waals surface area (Å²) in [7, 11) is 0. The van der Waals surface area contributed by atoms with Gasteiger partial charge in [0, 0.05) is 30.0 Å². The molecule has 6 heteroatoms. The molecule has 0 amide bonds. The molecule has 0 radical (unpaired) electrons. The van der Waals surface area contributed by atoms with Gasteiger partial charge in [0.2, 0.25) is 5.95 Å². The van der Waals surface area contributed by atoms with Crippen LogP contribution < -0.4 is 16.0 Å². The van der Waals surface area contributed by atoms with E-state index >= 15 is 0 Å². The maximum atomic E-state index is 9.15. The molecule has 3 N–H and O–H groups in total. The second kappa shape index (κ2) is 7.20. The molecule has 0 bridgehead atoms. The monoisotopic (exact) mass is 348 g/mol. The Kier molecular flexibility index (Phi) is 4.61. The number of rotatable bonds is 3. The number of aryl methyl sites for hydroxylation is 1. The number of piperidine rings is 1. The van der Waals surface area contributed by atoms with Gasteiger partial charge in [-0.1, -0.05) is 0 Å². The van der Waals surface area contributed by atoms with Crippen LogP contribution in [0.1, 0.15) is 48.9 Å². The second-order valence-corrected chi connectivity index (χ2v) is 7.13. The van der Waals surface area contributed by atoms with Crippen molar-refractivity contribution in [1.29, 1.82) is 5.26 Å². The van der Waals surface area contributed by atoms with E-state index in [4.69, 9.17) is 21.0 Å². The summed E-state index contributed by atoms with van der Waals surface area (Å²) in [4.78, 5) is 12.1. The minimum Gasteiger partial charge on any atom is -0.399 e. The SMILES string of the molecule is N#Cc1cc(N)cc(Nc2nc3c(c(N4CCCCC4)n2)CCCC3)c1. The number of fused-ring (bicyclic) bond motifs is 1. The maximum absolute atomic E-state index is 9.15. The van der Waals surface area contributed by atoms with Crippen LogP contribution >= 0.6 is 0 Å². The highest BCUT2D eigenvalue weighted by Gasteiger charge is 2.23. The summed E-state index contributed by atoms with van der Waals surface area (Å²) in [6, 6.07) is 7.39. The largest absolute Gasteiger partial charge is 0.399 e. The van der Waals surface area contributed by atoms with Crippen LogP contribution in [-0.2, 0) is 12.8 Å². The summed E-state index contributed by atoms with van der Waals surface area (Å²) < 4.78 is 0. The highest BCUT2D eigenvalue weighted by molar-refractivity contribution is 5.65. The van der Waals surface area contributed by atoms with Gasteiger partial charge in [-0.2, -0.15) is 10.2 Å². The number of nitrogens with two attached hydrogens (primary N) is 1. The van der Waals surface area contributed by atoms with Gasteiger partial charge in [-0.25, -0.2) is 4.98 Å². The Hall–Kier alpha value is -2.81. The predicted octanol–water partition coefficient (Wildman–Crippen LogP) is 3.54. The number of aromatic nitrogens is 2. The van der Waals surface area contributed by atoms with E-state index in [1.165, 1.54) is 43.4 Å². The molecule has 134 valence electrons. The molecular formula is C20H24N6. The molecule has 2 aliphatic rings. The molecule has 1 aliphatic carbocycles. The Morgan fingerprint density at radius 3 is 2.62 bits per heavy atom. The molecule has 0 atom stereocenters. The van der Waals surface area contributed by atoms with E-state index in [1.807, 2.05) is 6.07 Å². The van der Waals surface area contributed by atoms with Crippen LogP contribution in [0.4, 0.5) is 23.1 Å². The number of benzene rings is 1. The fourth-order valence-electron chi connectivity index (χ4n) is 3.91. The Labute approximate surface area is 154 Å². The molecule has 4 rings (SSSR count). The molecular weight excluding hydrogens is 324 g/mol. The van der Waals surface area contributed by atoms with E-state index in [0.29, 0.717) is 17.2 Å². The van der Waals surface area contributed by atoms with Gasteiger partial charge in [-0.3, -0.25) is 0 Å². The van der Waals surface area contributed by atoms with Gasteiger partial charge in [0.05, 0.1) is 17.3 Å². The summed E-state index contributed by atoms with van der Waals surface area (Å²) in [5.74, 6) is 1.70. The molecule has 0 unspecified atom stereocenters. The molecule has 0 saturated carbocycles. The lowest BCUT2D eigenvalue weighted by Gasteiger charge is -2.31. The van der Waals surface area contributed by atoms with Crippen molar-refractivity contribution in [1.82, 2.24) is 9.97 Å². The topological polar surface area (TPSA) is 90.9 Å². The maximum Gasteiger partial charge on any atom is 0.229 e. The van der Waals surface area contributed by atoms with Crippen LogP contribution in [0.15, 0.2) is 18.2 Å². The average Bonchev–Trinajstić information content (AvgIpc) is 2.67. The second-order valence-electron chi connectivity index (χ2n) is 7.13. The average molecular weight is 348 g/mol. The number of nitrogen functional groups attached to an aromatic ring is 1. The van der Waals surface area contributed by atoms with Gasteiger partial charge in [0.15, 0.2) is 0 Å². The van der Waals surface area contributed by atoms with Crippen LogP contribution in [0.3, 0.4) is 0 Å². The Bertz CT molecular complexity index is 848. The van der Waals surface area contributed by atoms with Gasteiger partial charge < -0.3 is 16.0 Å². The zero-order valence-corrected chi connectivity index (χ0v) is 15.0. The Balaban J connectivity index is 1.70. The van der Waals surface area contributed by atoms with Crippen LogP contribution in [-0.4, -0.2) is 23.1 Å².